The smallest absolute Gasteiger partial charge is 0.395 e. The van der Waals surface area contributed by atoms with E-state index in [9.17, 15) is 9.59 Å². The third-order valence-electron chi connectivity index (χ3n) is 5.67. The van der Waals surface area contributed by atoms with Crippen LogP contribution in [-0.2, 0) is 11.2 Å². The minimum Gasteiger partial charge on any atom is -0.395 e. The summed E-state index contributed by atoms with van der Waals surface area (Å²) < 4.78 is 4.33. The first-order valence-corrected chi connectivity index (χ1v) is 13.3. The van der Waals surface area contributed by atoms with E-state index in [2.05, 4.69) is 10.2 Å². The lowest BCUT2D eigenvalue weighted by atomic mass is 10.2. The number of urea groups is 1. The molecule has 13 heteroatoms. The van der Waals surface area contributed by atoms with Crippen molar-refractivity contribution in [1.29, 1.82) is 0 Å². The summed E-state index contributed by atoms with van der Waals surface area (Å²) in [5.74, 6) is 0.366. The first kappa shape index (κ1) is 27.2. The predicted octanol–water partition coefficient (Wildman–Crippen LogP) is 5.83. The standard InChI is InChI=1S/C21H26Cl4N5O3S/c1-3-30(4-2,15-8-6-5-7-9-15)20(32)33-17-11-13-28(14-21(23,24)25)19(31)29(17)18-27-26-16(34-18)10-12-22/h5-9,17H,3-4,10-14H2,1-2H3/q+1. The molecule has 34 heavy (non-hydrogen) atoms. The molecule has 1 saturated heterocycles. The van der Waals surface area contributed by atoms with Crippen LogP contribution in [0.5, 0.6) is 0 Å². The van der Waals surface area contributed by atoms with Gasteiger partial charge in [-0.25, -0.2) is 9.69 Å². The van der Waals surface area contributed by atoms with Gasteiger partial charge in [-0.2, -0.15) is 9.28 Å². The Bertz CT molecular complexity index is 984. The van der Waals surface area contributed by atoms with Crippen LogP contribution in [0.25, 0.3) is 0 Å². The van der Waals surface area contributed by atoms with E-state index in [4.69, 9.17) is 51.1 Å². The van der Waals surface area contributed by atoms with Crippen molar-refractivity contribution in [3.63, 3.8) is 0 Å². The number of alkyl halides is 4. The molecule has 1 aromatic heterocycles. The number of quaternary nitrogens is 1. The van der Waals surface area contributed by atoms with Gasteiger partial charge >= 0.3 is 12.1 Å². The van der Waals surface area contributed by atoms with Crippen molar-refractivity contribution < 1.29 is 14.3 Å². The van der Waals surface area contributed by atoms with Crippen LogP contribution >= 0.6 is 57.7 Å². The maximum Gasteiger partial charge on any atom is 0.523 e. The summed E-state index contributed by atoms with van der Waals surface area (Å²) in [5.41, 5.74) is 0.810. The van der Waals surface area contributed by atoms with Crippen molar-refractivity contribution in [2.24, 2.45) is 0 Å². The molecule has 0 spiro atoms. The Morgan fingerprint density at radius 2 is 1.88 bits per heavy atom. The summed E-state index contributed by atoms with van der Waals surface area (Å²) in [5, 5.41) is 9.22. The Balaban J connectivity index is 1.92. The number of ether oxygens (including phenoxy) is 1. The van der Waals surface area contributed by atoms with Crippen LogP contribution < -0.4 is 9.38 Å². The van der Waals surface area contributed by atoms with Crippen molar-refractivity contribution >= 4 is 80.7 Å². The maximum absolute atomic E-state index is 13.6. The molecule has 1 aliphatic rings. The van der Waals surface area contributed by atoms with E-state index < -0.39 is 22.1 Å². The van der Waals surface area contributed by atoms with Gasteiger partial charge in [-0.3, -0.25) is 0 Å². The minimum absolute atomic E-state index is 0.0230. The second-order valence-electron chi connectivity index (χ2n) is 7.67. The maximum atomic E-state index is 13.6. The van der Waals surface area contributed by atoms with Crippen LogP contribution in [0.15, 0.2) is 30.3 Å². The van der Waals surface area contributed by atoms with E-state index in [1.165, 1.54) is 21.1 Å². The predicted molar refractivity (Wildman–Crippen MR) is 138 cm³/mol. The Hall–Kier alpha value is -1.36. The number of hydrogen-bond acceptors (Lipinski definition) is 6. The zero-order chi connectivity index (χ0) is 24.9. The van der Waals surface area contributed by atoms with Gasteiger partial charge in [0.1, 0.15) is 10.7 Å². The fourth-order valence-corrected chi connectivity index (χ4v) is 5.45. The zero-order valence-electron chi connectivity index (χ0n) is 18.8. The summed E-state index contributed by atoms with van der Waals surface area (Å²) >= 11 is 24.9. The summed E-state index contributed by atoms with van der Waals surface area (Å²) in [6.45, 7) is 4.95. The molecule has 0 bridgehead atoms. The highest BCUT2D eigenvalue weighted by Crippen LogP contribution is 2.34. The van der Waals surface area contributed by atoms with Crippen LogP contribution in [0.3, 0.4) is 0 Å². The Morgan fingerprint density at radius 3 is 2.47 bits per heavy atom. The molecule has 1 atom stereocenters. The largest absolute Gasteiger partial charge is 0.523 e. The number of amides is 3. The number of hydrogen-bond donors (Lipinski definition) is 0. The molecule has 3 amide bonds. The number of halogens is 4. The lowest BCUT2D eigenvalue weighted by Crippen LogP contribution is -2.61. The van der Waals surface area contributed by atoms with E-state index in [-0.39, 0.29) is 17.6 Å². The average molecular weight is 570 g/mol. The molecule has 1 unspecified atom stereocenters. The fraction of sp³-hybridized carbons (Fsp3) is 0.524. The molecule has 2 heterocycles. The Labute approximate surface area is 222 Å². The van der Waals surface area contributed by atoms with E-state index in [1.807, 2.05) is 44.2 Å². The first-order valence-electron chi connectivity index (χ1n) is 10.8. The van der Waals surface area contributed by atoms with Gasteiger partial charge in [-0.05, 0) is 26.0 Å². The van der Waals surface area contributed by atoms with Gasteiger partial charge in [0.15, 0.2) is 6.23 Å². The molecule has 2 aromatic rings. The number of benzene rings is 1. The summed E-state index contributed by atoms with van der Waals surface area (Å²) in [7, 11) is 0. The van der Waals surface area contributed by atoms with Crippen molar-refractivity contribution in [1.82, 2.24) is 19.6 Å². The average Bonchev–Trinajstić information content (AvgIpc) is 3.25. The molecule has 8 nitrogen and oxygen atoms in total. The van der Waals surface area contributed by atoms with Crippen LogP contribution in [0.4, 0.5) is 20.4 Å². The van der Waals surface area contributed by atoms with Gasteiger partial charge < -0.3 is 9.64 Å². The van der Waals surface area contributed by atoms with Gasteiger partial charge in [0, 0.05) is 25.3 Å². The van der Waals surface area contributed by atoms with Crippen LogP contribution in [0.1, 0.15) is 25.3 Å². The third kappa shape index (κ3) is 6.06. The number of carbonyl (C=O) groups excluding carboxylic acids is 2. The van der Waals surface area contributed by atoms with Crippen molar-refractivity contribution in [2.45, 2.75) is 36.7 Å². The van der Waals surface area contributed by atoms with E-state index in [0.717, 1.165) is 5.69 Å². The minimum atomic E-state index is -1.65. The number of anilines is 1. The zero-order valence-corrected chi connectivity index (χ0v) is 22.6. The molecule has 0 aliphatic carbocycles. The fourth-order valence-electron chi connectivity index (χ4n) is 3.85. The molecular weight excluding hydrogens is 544 g/mol. The van der Waals surface area contributed by atoms with E-state index >= 15 is 0 Å². The molecule has 0 N–H and O–H groups in total. The van der Waals surface area contributed by atoms with Gasteiger partial charge in [0.2, 0.25) is 8.92 Å². The van der Waals surface area contributed by atoms with Gasteiger partial charge in [-0.15, -0.1) is 21.8 Å². The molecule has 0 saturated carbocycles. The molecular formula is C21H26Cl4N5O3S+. The van der Waals surface area contributed by atoms with Crippen LogP contribution in [0.2, 0.25) is 0 Å². The second-order valence-corrected chi connectivity index (χ2v) is 11.6. The molecule has 1 aliphatic heterocycles. The van der Waals surface area contributed by atoms with Crippen LogP contribution in [0, 0.1) is 0 Å². The molecule has 0 radical (unpaired) electrons. The Kier molecular flexibility index (Phi) is 9.28. The van der Waals surface area contributed by atoms with Gasteiger partial charge in [0.05, 0.1) is 19.6 Å². The third-order valence-corrected chi connectivity index (χ3v) is 7.20. The second kappa shape index (κ2) is 11.6. The topological polar surface area (TPSA) is 75.6 Å². The van der Waals surface area contributed by atoms with E-state index in [1.54, 1.807) is 0 Å². The van der Waals surface area contributed by atoms with Gasteiger partial charge in [-0.1, -0.05) is 64.3 Å². The molecule has 1 aromatic carbocycles. The lowest BCUT2D eigenvalue weighted by Gasteiger charge is -2.41. The number of carbonyl (C=O) groups is 2. The summed E-state index contributed by atoms with van der Waals surface area (Å²) in [6, 6.07) is 8.96. The number of aryl methyl sites for hydroxylation is 1. The quantitative estimate of drug-likeness (QED) is 0.295. The first-order chi connectivity index (χ1) is 16.1. The van der Waals surface area contributed by atoms with Gasteiger partial charge in [0.25, 0.3) is 0 Å². The molecule has 186 valence electrons. The van der Waals surface area contributed by atoms with E-state index in [0.29, 0.717) is 42.0 Å². The molecule has 1 fully saturated rings. The van der Waals surface area contributed by atoms with Crippen molar-refractivity contribution in [2.75, 3.05) is 37.0 Å². The highest BCUT2D eigenvalue weighted by molar-refractivity contribution is 7.15. The normalized spacial score (nSPS) is 17.2. The molecule has 3 rings (SSSR count). The number of rotatable bonds is 8. The number of aromatic nitrogens is 2. The SMILES string of the molecule is CC[N+](CC)(C(=O)OC1CCN(CC(Cl)(Cl)Cl)C(=O)N1c1nnc(CCCl)s1)c1ccccc1. The summed E-state index contributed by atoms with van der Waals surface area (Å²) in [6.07, 6.45) is -0.532. The number of para-hydroxylation sites is 1. The van der Waals surface area contributed by atoms with Crippen LogP contribution in [-0.4, -0.2) is 69.3 Å². The summed E-state index contributed by atoms with van der Waals surface area (Å²) in [4.78, 5) is 29.7. The van der Waals surface area contributed by atoms with Crippen molar-refractivity contribution in [3.05, 3.63) is 35.3 Å². The highest BCUT2D eigenvalue weighted by Gasteiger charge is 2.45. The lowest BCUT2D eigenvalue weighted by molar-refractivity contribution is 0.0481. The number of nitrogens with zero attached hydrogens (tertiary/aromatic N) is 5. The highest BCUT2D eigenvalue weighted by atomic mass is 35.6. The monoisotopic (exact) mass is 568 g/mol. The Morgan fingerprint density at radius 1 is 1.21 bits per heavy atom. The van der Waals surface area contributed by atoms with Crippen molar-refractivity contribution in [3.8, 4) is 0 Å².